The minimum atomic E-state index is -0.882. The van der Waals surface area contributed by atoms with Crippen LogP contribution in [0.3, 0.4) is 0 Å². The molecule has 5 rings (SSSR count). The van der Waals surface area contributed by atoms with E-state index in [1.54, 1.807) is 11.4 Å². The molecule has 1 unspecified atom stereocenters. The third kappa shape index (κ3) is 4.14. The van der Waals surface area contributed by atoms with Crippen LogP contribution in [0, 0.1) is 5.82 Å². The average molecular weight is 437 g/mol. The number of fused-ring (bicyclic) bond motifs is 2. The molecule has 6 nitrogen and oxygen atoms in total. The largest absolute Gasteiger partial charge is 0.484 e. The third-order valence-electron chi connectivity index (χ3n) is 5.10. The van der Waals surface area contributed by atoms with E-state index in [-0.39, 0.29) is 23.3 Å². The Bertz CT molecular complexity index is 984. The van der Waals surface area contributed by atoms with Gasteiger partial charge in [0.05, 0.1) is 22.2 Å². The summed E-state index contributed by atoms with van der Waals surface area (Å²) in [6.07, 6.45) is 0.607. The zero-order valence-corrected chi connectivity index (χ0v) is 16.8. The molecule has 2 amide bonds. The van der Waals surface area contributed by atoms with Gasteiger partial charge >= 0.3 is 0 Å². The quantitative estimate of drug-likeness (QED) is 0.649. The van der Waals surface area contributed by atoms with Crippen LogP contribution >= 0.6 is 22.9 Å². The number of carbonyl (C=O) groups excluding carboxylic acids is 2. The van der Waals surface area contributed by atoms with E-state index in [0.29, 0.717) is 30.5 Å². The number of nitrogens with one attached hydrogen (secondary N) is 2. The first-order valence-electron chi connectivity index (χ1n) is 8.98. The molecule has 29 heavy (non-hydrogen) atoms. The van der Waals surface area contributed by atoms with Gasteiger partial charge in [0.15, 0.2) is 6.61 Å². The van der Waals surface area contributed by atoms with Gasteiger partial charge in [-0.15, -0.1) is 0 Å². The maximum atomic E-state index is 13.4. The second-order valence-corrected chi connectivity index (χ2v) is 8.44. The second kappa shape index (κ2) is 7.78. The number of aliphatic hydroxyl groups is 1. The highest BCUT2D eigenvalue weighted by Crippen LogP contribution is 2.48. The Morgan fingerprint density at radius 3 is 2.79 bits per heavy atom. The van der Waals surface area contributed by atoms with Gasteiger partial charge in [0, 0.05) is 23.6 Å². The molecule has 1 heterocycles. The van der Waals surface area contributed by atoms with E-state index >= 15 is 0 Å². The minimum absolute atomic E-state index is 0.0290. The highest BCUT2D eigenvalue weighted by molar-refractivity contribution is 7.08. The molecule has 1 saturated carbocycles. The number of benzene rings is 1. The number of rotatable bonds is 6. The molecule has 1 fully saturated rings. The van der Waals surface area contributed by atoms with Crippen LogP contribution in [0.2, 0.25) is 5.02 Å². The summed E-state index contributed by atoms with van der Waals surface area (Å²) in [7, 11) is 0. The average Bonchev–Trinajstić information content (AvgIpc) is 3.19. The Balaban J connectivity index is 1.33. The van der Waals surface area contributed by atoms with Crippen LogP contribution in [0.15, 0.2) is 46.3 Å². The smallest absolute Gasteiger partial charge is 0.262 e. The van der Waals surface area contributed by atoms with Crippen LogP contribution in [-0.4, -0.2) is 35.2 Å². The van der Waals surface area contributed by atoms with Crippen LogP contribution in [0.4, 0.5) is 4.39 Å². The van der Waals surface area contributed by atoms with Gasteiger partial charge in [-0.2, -0.15) is 11.3 Å². The van der Waals surface area contributed by atoms with Crippen LogP contribution in [0.1, 0.15) is 29.6 Å². The number of halogens is 2. The summed E-state index contributed by atoms with van der Waals surface area (Å²) in [5, 5.41) is 19.7. The third-order valence-corrected chi connectivity index (χ3v) is 6.09. The molecule has 2 bridgehead atoms. The predicted molar refractivity (Wildman–Crippen MR) is 106 cm³/mol. The molecule has 152 valence electrons. The van der Waals surface area contributed by atoms with E-state index in [2.05, 4.69) is 10.6 Å². The van der Waals surface area contributed by atoms with E-state index in [9.17, 15) is 19.1 Å². The lowest BCUT2D eigenvalue weighted by Gasteiger charge is -2.51. The number of aliphatic hydroxyl groups excluding tert-OH is 1. The molecule has 0 spiro atoms. The van der Waals surface area contributed by atoms with Gasteiger partial charge in [0.1, 0.15) is 11.6 Å². The second-order valence-electron chi connectivity index (χ2n) is 7.25. The summed E-state index contributed by atoms with van der Waals surface area (Å²) in [6.45, 7) is -0.329. The van der Waals surface area contributed by atoms with Gasteiger partial charge in [-0.25, -0.2) is 4.39 Å². The summed E-state index contributed by atoms with van der Waals surface area (Å²) in [4.78, 5) is 24.5. The van der Waals surface area contributed by atoms with Crippen LogP contribution in [0.5, 0.6) is 5.75 Å². The SMILES string of the molecule is O=C(COc1ccc(Cl)c(F)c1)NC1=C2CC(NC(=O)c3ccsc3)(C2)CC1O. The van der Waals surface area contributed by atoms with Crippen molar-refractivity contribution in [2.24, 2.45) is 0 Å². The zero-order chi connectivity index (χ0) is 20.6. The van der Waals surface area contributed by atoms with Gasteiger partial charge in [-0.05, 0) is 42.0 Å². The number of carbonyl (C=O) groups is 2. The van der Waals surface area contributed by atoms with E-state index in [1.165, 1.54) is 23.5 Å². The van der Waals surface area contributed by atoms with Crippen LogP contribution in [0.25, 0.3) is 0 Å². The van der Waals surface area contributed by atoms with Crippen LogP contribution < -0.4 is 15.4 Å². The summed E-state index contributed by atoms with van der Waals surface area (Å²) in [5.74, 6) is -1.06. The molecule has 1 atom stereocenters. The van der Waals surface area contributed by atoms with Gasteiger partial charge in [-0.1, -0.05) is 11.6 Å². The maximum absolute atomic E-state index is 13.4. The van der Waals surface area contributed by atoms with E-state index < -0.39 is 23.4 Å². The highest BCUT2D eigenvalue weighted by atomic mass is 35.5. The molecule has 2 aromatic rings. The van der Waals surface area contributed by atoms with Crippen molar-refractivity contribution in [3.8, 4) is 5.75 Å². The molecule has 1 aromatic heterocycles. The molecule has 3 aliphatic carbocycles. The van der Waals surface area contributed by atoms with Crippen molar-refractivity contribution < 1.29 is 23.8 Å². The fourth-order valence-electron chi connectivity index (χ4n) is 3.73. The number of hydrogen-bond acceptors (Lipinski definition) is 5. The minimum Gasteiger partial charge on any atom is -0.484 e. The number of thiophene rings is 1. The molecule has 0 saturated heterocycles. The Labute approximate surface area is 175 Å². The standard InChI is InChI=1S/C20H18ClFN2O4S/c21-14-2-1-13(5-15(14)22)28-9-17(26)23-18-12-6-20(7-12,8-16(18)25)24-19(27)11-3-4-29-10-11/h1-5,10,16,25H,6-9H2,(H,23,26)(H,24,27). The lowest BCUT2D eigenvalue weighted by Crippen LogP contribution is -2.61. The summed E-state index contributed by atoms with van der Waals surface area (Å²) >= 11 is 7.06. The molecule has 3 N–H and O–H groups in total. The van der Waals surface area contributed by atoms with E-state index in [1.807, 2.05) is 5.38 Å². The van der Waals surface area contributed by atoms with Crippen molar-refractivity contribution in [1.29, 1.82) is 0 Å². The van der Waals surface area contributed by atoms with Crippen molar-refractivity contribution in [1.82, 2.24) is 10.6 Å². The normalized spacial score (nSPS) is 22.7. The zero-order valence-electron chi connectivity index (χ0n) is 15.2. The number of hydrogen-bond donors (Lipinski definition) is 3. The fraction of sp³-hybridized carbons (Fsp3) is 0.300. The molecule has 0 radical (unpaired) electrons. The Kier molecular flexibility index (Phi) is 5.33. The first-order valence-corrected chi connectivity index (χ1v) is 10.3. The van der Waals surface area contributed by atoms with Crippen LogP contribution in [-0.2, 0) is 4.79 Å². The van der Waals surface area contributed by atoms with Gasteiger partial charge in [0.2, 0.25) is 0 Å². The maximum Gasteiger partial charge on any atom is 0.262 e. The molecular weight excluding hydrogens is 419 g/mol. The van der Waals surface area contributed by atoms with E-state index in [4.69, 9.17) is 16.3 Å². The Hall–Kier alpha value is -2.42. The number of amides is 2. The van der Waals surface area contributed by atoms with Gasteiger partial charge in [-0.3, -0.25) is 9.59 Å². The Morgan fingerprint density at radius 1 is 1.34 bits per heavy atom. The molecule has 0 aliphatic heterocycles. The number of ether oxygens (including phenoxy) is 1. The topological polar surface area (TPSA) is 87.7 Å². The highest BCUT2D eigenvalue weighted by Gasteiger charge is 2.50. The van der Waals surface area contributed by atoms with Gasteiger partial charge < -0.3 is 20.5 Å². The fourth-order valence-corrected chi connectivity index (χ4v) is 4.48. The lowest BCUT2D eigenvalue weighted by atomic mass is 9.63. The summed E-state index contributed by atoms with van der Waals surface area (Å²) < 4.78 is 18.7. The molecular formula is C20H18ClFN2O4S. The molecule has 1 aromatic carbocycles. The van der Waals surface area contributed by atoms with Gasteiger partial charge in [0.25, 0.3) is 11.8 Å². The summed E-state index contributed by atoms with van der Waals surface area (Å²) in [6, 6.07) is 5.66. The van der Waals surface area contributed by atoms with Crippen molar-refractivity contribution in [2.75, 3.05) is 6.61 Å². The van der Waals surface area contributed by atoms with Crippen molar-refractivity contribution in [2.45, 2.75) is 30.9 Å². The summed E-state index contributed by atoms with van der Waals surface area (Å²) in [5.41, 5.74) is 1.50. The van der Waals surface area contributed by atoms with Crippen molar-refractivity contribution >= 4 is 34.8 Å². The first kappa shape index (κ1) is 19.9. The first-order chi connectivity index (χ1) is 13.8. The monoisotopic (exact) mass is 436 g/mol. The Morgan fingerprint density at radius 2 is 2.14 bits per heavy atom. The van der Waals surface area contributed by atoms with Crippen molar-refractivity contribution in [3.05, 3.63) is 62.7 Å². The predicted octanol–water partition coefficient (Wildman–Crippen LogP) is 3.02. The lowest BCUT2D eigenvalue weighted by molar-refractivity contribution is -0.123. The van der Waals surface area contributed by atoms with E-state index in [0.717, 1.165) is 11.6 Å². The molecule has 9 heteroatoms. The molecule has 3 aliphatic rings. The van der Waals surface area contributed by atoms with Crippen molar-refractivity contribution in [3.63, 3.8) is 0 Å².